The van der Waals surface area contributed by atoms with E-state index in [0.29, 0.717) is 12.8 Å². The molecule has 0 aliphatic heterocycles. The summed E-state index contributed by atoms with van der Waals surface area (Å²) in [6, 6.07) is 14.8. The third-order valence-corrected chi connectivity index (χ3v) is 8.28. The number of hydrogen-bond acceptors (Lipinski definition) is 6. The predicted molar refractivity (Wildman–Crippen MR) is 180 cm³/mol. The maximum absolute atomic E-state index is 13.6. The Morgan fingerprint density at radius 1 is 0.660 bits per heavy atom. The Kier molecular flexibility index (Phi) is 16.1. The molecule has 11 nitrogen and oxygen atoms in total. The normalized spacial score (nSPS) is 15.1. The Bertz CT molecular complexity index is 1300. The van der Waals surface area contributed by atoms with Crippen LogP contribution in [0.2, 0.25) is 0 Å². The molecular formula is C36H52N4O7. The minimum absolute atomic E-state index is 0.200. The average Bonchev–Trinajstić information content (AvgIpc) is 3.03. The molecule has 47 heavy (non-hydrogen) atoms. The molecule has 2 aromatic carbocycles. The van der Waals surface area contributed by atoms with E-state index in [1.807, 2.05) is 81.4 Å². The van der Waals surface area contributed by atoms with Crippen molar-refractivity contribution in [3.05, 3.63) is 71.8 Å². The van der Waals surface area contributed by atoms with Gasteiger partial charge in [-0.3, -0.25) is 19.2 Å². The Balaban J connectivity index is 2.17. The summed E-state index contributed by atoms with van der Waals surface area (Å²) < 4.78 is 0. The molecule has 0 bridgehead atoms. The van der Waals surface area contributed by atoms with Crippen LogP contribution in [-0.2, 0) is 36.8 Å². The molecule has 0 spiro atoms. The number of amides is 4. The number of rotatable bonds is 19. The Morgan fingerprint density at radius 3 is 1.68 bits per heavy atom. The lowest BCUT2D eigenvalue weighted by atomic mass is 9.95. The van der Waals surface area contributed by atoms with Crippen molar-refractivity contribution in [2.24, 2.45) is 17.8 Å². The van der Waals surface area contributed by atoms with Crippen molar-refractivity contribution < 1.29 is 34.2 Å². The summed E-state index contributed by atoms with van der Waals surface area (Å²) in [5.41, 5.74) is 1.82. The van der Waals surface area contributed by atoms with Gasteiger partial charge in [-0.25, -0.2) is 4.79 Å². The SMILES string of the molecule is CC[C@H](C)[C@H](NC(=O)C[C@H](O)[C@H](Cc1ccccc1)NC(=O)[C@@H](NC(=O)CCc1ccccc1)C(C)C)C(=O)N[C@H](C(=O)O)C(C)C. The van der Waals surface area contributed by atoms with Crippen LogP contribution in [0.3, 0.4) is 0 Å². The van der Waals surface area contributed by atoms with Crippen molar-refractivity contribution in [3.8, 4) is 0 Å². The summed E-state index contributed by atoms with van der Waals surface area (Å²) in [7, 11) is 0. The zero-order chi connectivity index (χ0) is 35.1. The highest BCUT2D eigenvalue weighted by atomic mass is 16.4. The average molecular weight is 653 g/mol. The second-order valence-electron chi connectivity index (χ2n) is 12.9. The van der Waals surface area contributed by atoms with E-state index < -0.39 is 60.4 Å². The van der Waals surface area contributed by atoms with Crippen molar-refractivity contribution in [2.75, 3.05) is 0 Å². The lowest BCUT2D eigenvalue weighted by Crippen LogP contribution is -2.57. The maximum atomic E-state index is 13.6. The molecule has 0 aliphatic rings. The van der Waals surface area contributed by atoms with Gasteiger partial charge < -0.3 is 31.5 Å². The Morgan fingerprint density at radius 2 is 1.17 bits per heavy atom. The fourth-order valence-corrected chi connectivity index (χ4v) is 5.13. The standard InChI is InChI=1S/C36H52N4O7/c1-7-24(6)33(35(45)40-32(23(4)5)36(46)47)39-30(43)21-28(41)27(20-26-16-12-9-13-17-26)37-34(44)31(22(2)3)38-29(42)19-18-25-14-10-8-11-15-25/h8-17,22-24,27-28,31-33,41H,7,18-21H2,1-6H3,(H,37,44)(H,38,42)(H,39,43)(H,40,45)(H,46,47)/t24-,27-,28-,31-,32-,33-/m0/s1. The molecule has 0 fully saturated rings. The maximum Gasteiger partial charge on any atom is 0.326 e. The summed E-state index contributed by atoms with van der Waals surface area (Å²) in [5, 5.41) is 31.7. The van der Waals surface area contributed by atoms with Gasteiger partial charge in [-0.15, -0.1) is 0 Å². The number of carboxylic acids is 1. The first kappa shape index (κ1) is 38.9. The molecule has 0 saturated carbocycles. The van der Waals surface area contributed by atoms with E-state index >= 15 is 0 Å². The molecule has 2 aromatic rings. The van der Waals surface area contributed by atoms with Crippen LogP contribution in [0.15, 0.2) is 60.7 Å². The summed E-state index contributed by atoms with van der Waals surface area (Å²) >= 11 is 0. The number of hydrogen-bond donors (Lipinski definition) is 6. The van der Waals surface area contributed by atoms with Gasteiger partial charge in [0.15, 0.2) is 0 Å². The fourth-order valence-electron chi connectivity index (χ4n) is 5.13. The highest BCUT2D eigenvalue weighted by Gasteiger charge is 2.33. The van der Waals surface area contributed by atoms with E-state index in [9.17, 15) is 34.2 Å². The van der Waals surface area contributed by atoms with Crippen molar-refractivity contribution in [2.45, 2.75) is 104 Å². The van der Waals surface area contributed by atoms with Gasteiger partial charge in [0.2, 0.25) is 23.6 Å². The minimum atomic E-state index is -1.34. The van der Waals surface area contributed by atoms with E-state index in [2.05, 4.69) is 21.3 Å². The first-order valence-electron chi connectivity index (χ1n) is 16.4. The predicted octanol–water partition coefficient (Wildman–Crippen LogP) is 2.99. The zero-order valence-corrected chi connectivity index (χ0v) is 28.4. The molecule has 0 unspecified atom stereocenters. The summed E-state index contributed by atoms with van der Waals surface area (Å²) in [6.07, 6.45) is -0.317. The van der Waals surface area contributed by atoms with E-state index in [0.717, 1.165) is 11.1 Å². The lowest BCUT2D eigenvalue weighted by Gasteiger charge is -2.30. The van der Waals surface area contributed by atoms with Crippen LogP contribution in [0.1, 0.15) is 71.9 Å². The zero-order valence-electron chi connectivity index (χ0n) is 28.4. The van der Waals surface area contributed by atoms with Gasteiger partial charge in [-0.2, -0.15) is 0 Å². The highest BCUT2D eigenvalue weighted by molar-refractivity contribution is 5.91. The van der Waals surface area contributed by atoms with Crippen LogP contribution in [0.25, 0.3) is 0 Å². The van der Waals surface area contributed by atoms with E-state index in [4.69, 9.17) is 0 Å². The van der Waals surface area contributed by atoms with Crippen LogP contribution in [0, 0.1) is 17.8 Å². The Labute approximate surface area is 278 Å². The highest BCUT2D eigenvalue weighted by Crippen LogP contribution is 2.14. The number of benzene rings is 2. The van der Waals surface area contributed by atoms with Gasteiger partial charge in [0.1, 0.15) is 18.1 Å². The lowest BCUT2D eigenvalue weighted by molar-refractivity contribution is -0.143. The topological polar surface area (TPSA) is 174 Å². The number of nitrogens with one attached hydrogen (secondary N) is 4. The number of carbonyl (C=O) groups is 5. The fraction of sp³-hybridized carbons (Fsp3) is 0.528. The number of aliphatic hydroxyl groups is 1. The van der Waals surface area contributed by atoms with Crippen LogP contribution < -0.4 is 21.3 Å². The molecule has 0 radical (unpaired) electrons. The van der Waals surface area contributed by atoms with Crippen LogP contribution in [0.5, 0.6) is 0 Å². The molecular weight excluding hydrogens is 600 g/mol. The molecule has 0 saturated heterocycles. The molecule has 258 valence electrons. The summed E-state index contributed by atoms with van der Waals surface area (Å²) in [4.78, 5) is 64.4. The molecule has 0 heterocycles. The third kappa shape index (κ3) is 13.2. The summed E-state index contributed by atoms with van der Waals surface area (Å²) in [6.45, 7) is 10.6. The van der Waals surface area contributed by atoms with Crippen LogP contribution >= 0.6 is 0 Å². The largest absolute Gasteiger partial charge is 0.480 e. The molecule has 6 atom stereocenters. The smallest absolute Gasteiger partial charge is 0.326 e. The summed E-state index contributed by atoms with van der Waals surface area (Å²) in [5.74, 6) is -4.16. The monoisotopic (exact) mass is 652 g/mol. The second kappa shape index (κ2) is 19.4. The number of aliphatic carboxylic acids is 1. The van der Waals surface area contributed by atoms with Crippen LogP contribution in [0.4, 0.5) is 0 Å². The van der Waals surface area contributed by atoms with E-state index in [-0.39, 0.29) is 36.5 Å². The van der Waals surface area contributed by atoms with Gasteiger partial charge in [0.05, 0.1) is 18.6 Å². The van der Waals surface area contributed by atoms with Gasteiger partial charge in [-0.05, 0) is 41.7 Å². The van der Waals surface area contributed by atoms with Gasteiger partial charge in [-0.1, -0.05) is 109 Å². The second-order valence-corrected chi connectivity index (χ2v) is 12.9. The van der Waals surface area contributed by atoms with Crippen molar-refractivity contribution in [3.63, 3.8) is 0 Å². The van der Waals surface area contributed by atoms with Gasteiger partial charge in [0, 0.05) is 6.42 Å². The molecule has 0 aliphatic carbocycles. The van der Waals surface area contributed by atoms with Crippen molar-refractivity contribution >= 4 is 29.6 Å². The minimum Gasteiger partial charge on any atom is -0.480 e. The number of carboxylic acid groups (broad SMARTS) is 1. The van der Waals surface area contributed by atoms with E-state index in [1.165, 1.54) is 0 Å². The van der Waals surface area contributed by atoms with E-state index in [1.54, 1.807) is 20.8 Å². The number of aryl methyl sites for hydroxylation is 1. The number of carbonyl (C=O) groups excluding carboxylic acids is 4. The molecule has 4 amide bonds. The van der Waals surface area contributed by atoms with Gasteiger partial charge >= 0.3 is 5.97 Å². The number of aliphatic hydroxyl groups excluding tert-OH is 1. The molecule has 6 N–H and O–H groups in total. The molecule has 11 heteroatoms. The molecule has 0 aromatic heterocycles. The molecule has 2 rings (SSSR count). The van der Waals surface area contributed by atoms with Gasteiger partial charge in [0.25, 0.3) is 0 Å². The van der Waals surface area contributed by atoms with Crippen molar-refractivity contribution in [1.29, 1.82) is 0 Å². The van der Waals surface area contributed by atoms with Crippen LogP contribution in [-0.4, -0.2) is 70.1 Å². The quantitative estimate of drug-likeness (QED) is 0.135. The third-order valence-electron chi connectivity index (χ3n) is 8.28. The Hall–Kier alpha value is -4.25. The first-order chi connectivity index (χ1) is 22.2. The first-order valence-corrected chi connectivity index (χ1v) is 16.4. The van der Waals surface area contributed by atoms with Crippen molar-refractivity contribution in [1.82, 2.24) is 21.3 Å².